The Balaban J connectivity index is 1.22. The topological polar surface area (TPSA) is 71.7 Å². The number of nitrogens with zero attached hydrogens (tertiary/aromatic N) is 1. The number of amidine groups is 1. The van der Waals surface area contributed by atoms with Gasteiger partial charge in [-0.05, 0) is 58.4 Å². The standard InChI is InChI=1S/C46H36N4O/c47-32-27-25-29(26-28-32)33-19-11-23-39-41(33)51-42-36(45-49-43(30-13-3-1-4-14-30)48-44(50-45)31-15-5-2-6-16-31)20-12-24-40(42)46(39)37-21-9-7-17-34(37)35-18-8-10-22-38(35)46/h1-5,7-15,17-28,44-45,50H,6,16,47H2,(H,48,49). The van der Waals surface area contributed by atoms with E-state index in [0.29, 0.717) is 0 Å². The number of para-hydroxylation sites is 2. The van der Waals surface area contributed by atoms with Crippen LogP contribution in [0.4, 0.5) is 5.69 Å². The highest BCUT2D eigenvalue weighted by atomic mass is 16.5. The molecule has 0 radical (unpaired) electrons. The normalized spacial score (nSPS) is 19.1. The van der Waals surface area contributed by atoms with Crippen molar-refractivity contribution in [2.24, 2.45) is 4.99 Å². The van der Waals surface area contributed by atoms with Crippen LogP contribution in [0.1, 0.15) is 52.4 Å². The average Bonchev–Trinajstić information content (AvgIpc) is 3.49. The minimum atomic E-state index is -0.600. The molecule has 6 aromatic carbocycles. The summed E-state index contributed by atoms with van der Waals surface area (Å²) in [5, 5.41) is 7.69. The van der Waals surface area contributed by atoms with E-state index in [1.54, 1.807) is 0 Å². The molecule has 0 amide bonds. The van der Waals surface area contributed by atoms with E-state index in [2.05, 4.69) is 150 Å². The molecule has 5 heteroatoms. The molecule has 5 nitrogen and oxygen atoms in total. The van der Waals surface area contributed by atoms with E-state index in [1.165, 1.54) is 27.8 Å². The third-order valence-corrected chi connectivity index (χ3v) is 10.9. The summed E-state index contributed by atoms with van der Waals surface area (Å²) < 4.78 is 7.34. The van der Waals surface area contributed by atoms with Crippen LogP contribution in [-0.2, 0) is 5.41 Å². The lowest BCUT2D eigenvalue weighted by molar-refractivity contribution is 0.389. The number of ether oxygens (including phenoxy) is 1. The van der Waals surface area contributed by atoms with Gasteiger partial charge in [-0.2, -0.15) is 0 Å². The number of hydrogen-bond donors (Lipinski definition) is 3. The van der Waals surface area contributed by atoms with Gasteiger partial charge in [0.1, 0.15) is 29.7 Å². The zero-order valence-corrected chi connectivity index (χ0v) is 28.0. The summed E-state index contributed by atoms with van der Waals surface area (Å²) in [6.45, 7) is 0. The molecule has 0 saturated heterocycles. The highest BCUT2D eigenvalue weighted by Gasteiger charge is 2.52. The van der Waals surface area contributed by atoms with E-state index in [9.17, 15) is 0 Å². The van der Waals surface area contributed by atoms with Gasteiger partial charge in [-0.1, -0.05) is 146 Å². The SMILES string of the molecule is Nc1ccc(-c2cccc3c2Oc2c(C4NC(c5ccccc5)=NC(C5=CC=CCC5)N4)cccc2C32c3ccccc3-c3ccccc32)cc1. The van der Waals surface area contributed by atoms with Crippen molar-refractivity contribution in [3.05, 3.63) is 197 Å². The van der Waals surface area contributed by atoms with Gasteiger partial charge in [0.15, 0.2) is 0 Å². The Morgan fingerprint density at radius 1 is 0.627 bits per heavy atom. The smallest absolute Gasteiger partial charge is 0.140 e. The molecular weight excluding hydrogens is 625 g/mol. The van der Waals surface area contributed by atoms with E-state index >= 15 is 0 Å². The van der Waals surface area contributed by atoms with E-state index in [1.807, 2.05) is 18.2 Å². The van der Waals surface area contributed by atoms with E-state index in [0.717, 1.165) is 69.2 Å². The maximum absolute atomic E-state index is 7.34. The summed E-state index contributed by atoms with van der Waals surface area (Å²) in [6.07, 6.45) is 8.09. The average molecular weight is 661 g/mol. The molecule has 51 heavy (non-hydrogen) atoms. The second kappa shape index (κ2) is 11.7. The molecule has 1 spiro atoms. The number of aliphatic imine (C=N–C) groups is 1. The number of allylic oxidation sites excluding steroid dienone is 3. The van der Waals surface area contributed by atoms with Crippen molar-refractivity contribution >= 4 is 11.5 Å². The van der Waals surface area contributed by atoms with E-state index < -0.39 is 5.41 Å². The van der Waals surface area contributed by atoms with Crippen molar-refractivity contribution in [2.45, 2.75) is 30.6 Å². The summed E-state index contributed by atoms with van der Waals surface area (Å²) in [5.74, 6) is 2.58. The monoisotopic (exact) mass is 660 g/mol. The maximum Gasteiger partial charge on any atom is 0.140 e. The van der Waals surface area contributed by atoms with Crippen LogP contribution in [0.2, 0.25) is 0 Å². The van der Waals surface area contributed by atoms with Crippen LogP contribution in [-0.4, -0.2) is 12.0 Å². The van der Waals surface area contributed by atoms with Crippen LogP contribution in [0.25, 0.3) is 22.3 Å². The second-order valence-corrected chi connectivity index (χ2v) is 13.7. The predicted octanol–water partition coefficient (Wildman–Crippen LogP) is 9.65. The number of hydrogen-bond acceptors (Lipinski definition) is 5. The highest BCUT2D eigenvalue weighted by molar-refractivity contribution is 6.00. The zero-order valence-electron chi connectivity index (χ0n) is 28.0. The zero-order chi connectivity index (χ0) is 33.9. The van der Waals surface area contributed by atoms with Gasteiger partial charge in [-0.3, -0.25) is 5.32 Å². The molecule has 0 saturated carbocycles. The summed E-state index contributed by atoms with van der Waals surface area (Å²) >= 11 is 0. The van der Waals surface area contributed by atoms with E-state index in [-0.39, 0.29) is 12.3 Å². The largest absolute Gasteiger partial charge is 0.456 e. The van der Waals surface area contributed by atoms with Crippen LogP contribution < -0.4 is 21.1 Å². The van der Waals surface area contributed by atoms with Crippen LogP contribution in [0.5, 0.6) is 11.5 Å². The van der Waals surface area contributed by atoms with Crippen molar-refractivity contribution in [2.75, 3.05) is 5.73 Å². The molecule has 6 aromatic rings. The molecule has 0 fully saturated rings. The predicted molar refractivity (Wildman–Crippen MR) is 206 cm³/mol. The lowest BCUT2D eigenvalue weighted by atomic mass is 9.65. The highest BCUT2D eigenvalue weighted by Crippen LogP contribution is 2.64. The lowest BCUT2D eigenvalue weighted by Gasteiger charge is -2.42. The number of rotatable bonds is 4. The number of fused-ring (bicyclic) bond motifs is 9. The van der Waals surface area contributed by atoms with Gasteiger partial charge in [0.05, 0.1) is 5.41 Å². The molecule has 4 N–H and O–H groups in total. The van der Waals surface area contributed by atoms with Crippen LogP contribution in [0, 0.1) is 0 Å². The first-order valence-corrected chi connectivity index (χ1v) is 17.7. The third-order valence-electron chi connectivity index (χ3n) is 10.9. The molecule has 2 heterocycles. The minimum Gasteiger partial charge on any atom is -0.456 e. The van der Waals surface area contributed by atoms with Gasteiger partial charge in [-0.15, -0.1) is 0 Å². The van der Waals surface area contributed by atoms with Gasteiger partial charge in [0, 0.05) is 33.5 Å². The Kier molecular flexibility index (Phi) is 6.83. The van der Waals surface area contributed by atoms with Gasteiger partial charge in [0.25, 0.3) is 0 Å². The molecule has 2 unspecified atom stereocenters. The van der Waals surface area contributed by atoms with Crippen LogP contribution in [0.15, 0.2) is 168 Å². The Morgan fingerprint density at radius 3 is 2.00 bits per heavy atom. The molecule has 0 bridgehead atoms. The fraction of sp³-hybridized carbons (Fsp3) is 0.109. The molecule has 0 aromatic heterocycles. The first-order chi connectivity index (χ1) is 25.2. The number of nitrogens with two attached hydrogens (primary N) is 1. The molecule has 10 rings (SSSR count). The first-order valence-electron chi connectivity index (χ1n) is 17.7. The number of anilines is 1. The Bertz CT molecular complexity index is 2380. The van der Waals surface area contributed by atoms with Crippen molar-refractivity contribution in [1.29, 1.82) is 0 Å². The van der Waals surface area contributed by atoms with Gasteiger partial charge < -0.3 is 15.8 Å². The molecule has 246 valence electrons. The molecule has 2 aliphatic carbocycles. The van der Waals surface area contributed by atoms with Gasteiger partial charge >= 0.3 is 0 Å². The summed E-state index contributed by atoms with van der Waals surface area (Å²) in [6, 6.07) is 49.5. The number of benzene rings is 6. The van der Waals surface area contributed by atoms with Crippen molar-refractivity contribution in [3.63, 3.8) is 0 Å². The Hall–Kier alpha value is -6.17. The number of nitrogens with one attached hydrogen (secondary N) is 2. The molecular formula is C46H36N4O. The van der Waals surface area contributed by atoms with E-state index in [4.69, 9.17) is 15.5 Å². The fourth-order valence-corrected chi connectivity index (χ4v) is 8.59. The fourth-order valence-electron chi connectivity index (χ4n) is 8.59. The molecule has 2 aliphatic heterocycles. The number of nitrogen functional groups attached to an aromatic ring is 1. The lowest BCUT2D eigenvalue weighted by Crippen LogP contribution is -2.49. The second-order valence-electron chi connectivity index (χ2n) is 13.7. The summed E-state index contributed by atoms with van der Waals surface area (Å²) in [4.78, 5) is 5.23. The first kappa shape index (κ1) is 29.7. The van der Waals surface area contributed by atoms with Crippen LogP contribution >= 0.6 is 0 Å². The van der Waals surface area contributed by atoms with Gasteiger partial charge in [0.2, 0.25) is 0 Å². The summed E-state index contributed by atoms with van der Waals surface area (Å²) in [7, 11) is 0. The summed E-state index contributed by atoms with van der Waals surface area (Å²) in [5.41, 5.74) is 19.0. The van der Waals surface area contributed by atoms with Crippen molar-refractivity contribution in [1.82, 2.24) is 10.6 Å². The van der Waals surface area contributed by atoms with Crippen LogP contribution in [0.3, 0.4) is 0 Å². The van der Waals surface area contributed by atoms with Crippen molar-refractivity contribution < 1.29 is 4.74 Å². The Labute approximate surface area is 297 Å². The van der Waals surface area contributed by atoms with Crippen molar-refractivity contribution in [3.8, 4) is 33.8 Å². The molecule has 2 atom stereocenters. The third kappa shape index (κ3) is 4.55. The maximum atomic E-state index is 7.34. The Morgan fingerprint density at radius 2 is 1.27 bits per heavy atom. The minimum absolute atomic E-state index is 0.185. The quantitative estimate of drug-likeness (QED) is 0.165. The van der Waals surface area contributed by atoms with Gasteiger partial charge in [-0.25, -0.2) is 4.99 Å². The molecule has 4 aliphatic rings.